The average Bonchev–Trinajstić information content (AvgIpc) is 1.90. The highest BCUT2D eigenvalue weighted by Crippen LogP contribution is 2.56. The maximum Gasteiger partial charge on any atom is 0.104 e. The number of hydrogen-bond donors (Lipinski definition) is 0. The molecule has 10 bridgehead atoms. The fraction of sp³-hybridized carbons (Fsp3) is 1.00. The van der Waals surface area contributed by atoms with Crippen LogP contribution >= 0.6 is 0 Å². The number of ether oxygens (including phenoxy) is 13. The van der Waals surface area contributed by atoms with Gasteiger partial charge in [-0.15, -0.1) is 0 Å². The molecule has 16 aliphatic rings. The molecule has 8 heterocycles. The molecule has 0 radical (unpaired) electrons. The molecule has 0 aromatic heterocycles. The van der Waals surface area contributed by atoms with Crippen molar-refractivity contribution < 1.29 is 61.6 Å². The third kappa shape index (κ3) is 18.5. The summed E-state index contributed by atoms with van der Waals surface area (Å²) in [6, 6.07) is 1.36. The maximum atomic E-state index is 6.25. The summed E-state index contributed by atoms with van der Waals surface area (Å²) in [4.78, 5) is 0. The van der Waals surface area contributed by atoms with Gasteiger partial charge in [0.15, 0.2) is 0 Å². The van der Waals surface area contributed by atoms with E-state index in [1.807, 2.05) is 0 Å². The standard InChI is InChI=1S/2C14H26O2Si.2C13H24O2Si.C9H16O3Si.C9H20O2Si/c1-2-14(8-16-9-14)7-15-6-12-4-11-3-10(12)5-13(11)17;1-2-14(8-16-9-14)7-15-6-11-3-10-4-12(11)13(17)5-10;1-2-13(6-14-7-13)8-15-11-4-10-3-9(11)5-12(10)16;1-2-13(6-14-7-13)8-15-11-4-9-3-10(11)12(16)5-9;13-8-2-5-1-7(9(8)12-5)11-4-6-3-10-6;1-2-9(7-11-8-9)6-10-4-3-5-12/h2*10-13H,2-9H2,1,17H3;2*9-12H,2-8H2,1,16H3;5-9H,1-4H2,13H3;2-8H2,1,12H3. The summed E-state index contributed by atoms with van der Waals surface area (Å²) in [5.41, 5.74) is 7.05. The summed E-state index contributed by atoms with van der Waals surface area (Å²) in [6.07, 6.45) is 30.2. The first-order valence-electron chi connectivity index (χ1n) is 38.8. The minimum Gasteiger partial charge on any atom is -0.381 e. The van der Waals surface area contributed by atoms with Crippen LogP contribution in [0.25, 0.3) is 0 Å². The lowest BCUT2D eigenvalue weighted by molar-refractivity contribution is -0.164. The fourth-order valence-electron chi connectivity index (χ4n) is 19.9. The van der Waals surface area contributed by atoms with Crippen LogP contribution in [-0.4, -0.2) is 230 Å². The van der Waals surface area contributed by atoms with E-state index in [1.54, 1.807) is 6.42 Å². The van der Waals surface area contributed by atoms with Crippen molar-refractivity contribution >= 4 is 61.5 Å². The predicted octanol–water partition coefficient (Wildman–Crippen LogP) is 6.11. The molecule has 526 valence electrons. The Morgan fingerprint density at radius 3 is 1.27 bits per heavy atom. The first kappa shape index (κ1) is 73.0. The van der Waals surface area contributed by atoms with Gasteiger partial charge in [0.1, 0.15) is 6.10 Å². The van der Waals surface area contributed by atoms with Gasteiger partial charge < -0.3 is 61.6 Å². The number of fused-ring (bicyclic) bond motifs is 10. The second kappa shape index (κ2) is 33.5. The molecule has 16 rings (SSSR count). The van der Waals surface area contributed by atoms with Gasteiger partial charge >= 0.3 is 0 Å². The topological polar surface area (TPSA) is 123 Å². The first-order valence-corrected chi connectivity index (χ1v) is 46.0. The minimum absolute atomic E-state index is 0.373. The smallest absolute Gasteiger partial charge is 0.104 e. The minimum atomic E-state index is 0.373. The number of hydrogen-bond acceptors (Lipinski definition) is 13. The molecule has 8 aliphatic heterocycles. The van der Waals surface area contributed by atoms with Crippen LogP contribution in [0.3, 0.4) is 0 Å². The molecule has 8 saturated heterocycles. The highest BCUT2D eigenvalue weighted by molar-refractivity contribution is 6.13. The molecule has 21 unspecified atom stereocenters. The lowest BCUT2D eigenvalue weighted by Crippen LogP contribution is -2.47. The molecule has 91 heavy (non-hydrogen) atoms. The van der Waals surface area contributed by atoms with Crippen molar-refractivity contribution in [2.45, 2.75) is 233 Å². The Hall–Kier alpha value is 0.781. The second-order valence-electron chi connectivity index (χ2n) is 34.7. The molecule has 0 N–H and O–H groups in total. The Bertz CT molecular complexity index is 2140. The summed E-state index contributed by atoms with van der Waals surface area (Å²) < 4.78 is 73.5. The van der Waals surface area contributed by atoms with E-state index in [4.69, 9.17) is 61.6 Å². The summed E-state index contributed by atoms with van der Waals surface area (Å²) >= 11 is 0. The fourth-order valence-corrected chi connectivity index (χ4v) is 26.4. The monoisotopic (exact) mass is 1380 g/mol. The Kier molecular flexibility index (Phi) is 26.9. The van der Waals surface area contributed by atoms with E-state index < -0.39 is 0 Å². The zero-order chi connectivity index (χ0) is 63.8. The maximum absolute atomic E-state index is 6.25. The SMILES string of the molecule is CCC1(COC2CC3CC([SiH3])C2C3)COC1.CCC1(COC2CC3CC2CC3[SiH3])COC1.CCC1(COCC2CC3CC([SiH3])C2C3)COC1.CCC1(COCC2CC3CC2CC3[SiH3])COC1.CCC1(COCCC[SiH3])COC1.[SiH3]C1CC2CC(OCC3CO3)C1O2. The molecule has 0 amide bonds. The second-order valence-corrected chi connectivity index (χ2v) is 43.1. The van der Waals surface area contributed by atoms with Gasteiger partial charge in [0, 0.05) is 115 Å². The molecule has 16 fully saturated rings. The van der Waals surface area contributed by atoms with Crippen molar-refractivity contribution in [3.8, 4) is 0 Å². The van der Waals surface area contributed by atoms with E-state index in [1.165, 1.54) is 183 Å². The largest absolute Gasteiger partial charge is 0.381 e. The quantitative estimate of drug-likeness (QED) is 0.0535. The van der Waals surface area contributed by atoms with Crippen molar-refractivity contribution in [1.82, 2.24) is 0 Å². The Morgan fingerprint density at radius 1 is 0.385 bits per heavy atom. The van der Waals surface area contributed by atoms with Gasteiger partial charge in [-0.05, 0) is 173 Å². The van der Waals surface area contributed by atoms with Crippen LogP contribution < -0.4 is 0 Å². The summed E-state index contributed by atoms with van der Waals surface area (Å²) in [6.45, 7) is 29.8. The van der Waals surface area contributed by atoms with Crippen LogP contribution in [0.15, 0.2) is 0 Å². The third-order valence-electron chi connectivity index (χ3n) is 27.7. The van der Waals surface area contributed by atoms with Gasteiger partial charge in [-0.25, -0.2) is 0 Å². The lowest BCUT2D eigenvalue weighted by atomic mass is 9.84. The van der Waals surface area contributed by atoms with E-state index in [0.29, 0.717) is 63.7 Å². The molecule has 0 aromatic rings. The van der Waals surface area contributed by atoms with Crippen LogP contribution in [0.2, 0.25) is 33.7 Å². The van der Waals surface area contributed by atoms with E-state index in [-0.39, 0.29) is 0 Å². The van der Waals surface area contributed by atoms with Crippen LogP contribution in [0, 0.1) is 86.3 Å². The molecular weight excluding hydrogens is 1240 g/mol. The molecule has 8 aliphatic carbocycles. The lowest BCUT2D eigenvalue weighted by Gasteiger charge is -2.42. The zero-order valence-corrected chi connectivity index (χ0v) is 71.9. The first-order chi connectivity index (χ1) is 44.0. The van der Waals surface area contributed by atoms with Crippen molar-refractivity contribution in [3.05, 3.63) is 0 Å². The van der Waals surface area contributed by atoms with Crippen LogP contribution in [0.1, 0.15) is 163 Å². The van der Waals surface area contributed by atoms with Crippen molar-refractivity contribution in [3.63, 3.8) is 0 Å². The van der Waals surface area contributed by atoms with E-state index in [0.717, 1.165) is 225 Å². The molecule has 0 aromatic carbocycles. The highest BCUT2D eigenvalue weighted by atomic mass is 28.2. The molecule has 21 atom stereocenters. The molecule has 19 heteroatoms. The molecule has 0 spiro atoms. The predicted molar refractivity (Wildman–Crippen MR) is 385 cm³/mol. The van der Waals surface area contributed by atoms with Gasteiger partial charge in [-0.3, -0.25) is 0 Å². The summed E-state index contributed by atoms with van der Waals surface area (Å²) in [5, 5.41) is 0. The Labute approximate surface area is 571 Å². The zero-order valence-electron chi connectivity index (χ0n) is 59.9. The summed E-state index contributed by atoms with van der Waals surface area (Å²) in [7, 11) is 8.14. The Morgan fingerprint density at radius 2 is 0.868 bits per heavy atom. The summed E-state index contributed by atoms with van der Waals surface area (Å²) in [5.74, 6) is 9.82. The van der Waals surface area contributed by atoms with Crippen LogP contribution in [0.5, 0.6) is 0 Å². The van der Waals surface area contributed by atoms with Crippen molar-refractivity contribution in [1.29, 1.82) is 0 Å². The van der Waals surface area contributed by atoms with Crippen molar-refractivity contribution in [2.75, 3.05) is 132 Å². The molecule has 13 nitrogen and oxygen atoms in total. The van der Waals surface area contributed by atoms with E-state index in [2.05, 4.69) is 34.6 Å². The third-order valence-corrected chi connectivity index (χ3v) is 35.1. The number of rotatable bonds is 27. The average molecular weight is 1380 g/mol. The van der Waals surface area contributed by atoms with Crippen LogP contribution in [0.4, 0.5) is 0 Å². The van der Waals surface area contributed by atoms with E-state index >= 15 is 0 Å². The normalized spacial score (nSPS) is 42.1. The highest BCUT2D eigenvalue weighted by Gasteiger charge is 2.51. The van der Waals surface area contributed by atoms with Gasteiger partial charge in [-0.1, -0.05) is 76.5 Å². The molecular formula is C72H136O13Si6. The van der Waals surface area contributed by atoms with Gasteiger partial charge in [0.2, 0.25) is 0 Å². The Balaban J connectivity index is 0.000000113. The van der Waals surface area contributed by atoms with Gasteiger partial charge in [-0.2, -0.15) is 0 Å². The van der Waals surface area contributed by atoms with Crippen LogP contribution in [-0.2, 0) is 61.6 Å². The van der Waals surface area contributed by atoms with Crippen molar-refractivity contribution in [2.24, 2.45) is 86.3 Å². The van der Waals surface area contributed by atoms with E-state index in [9.17, 15) is 0 Å². The van der Waals surface area contributed by atoms with Gasteiger partial charge in [0.25, 0.3) is 0 Å². The number of epoxide rings is 1. The molecule has 8 saturated carbocycles. The van der Waals surface area contributed by atoms with Gasteiger partial charge in [0.05, 0.1) is 143 Å².